The van der Waals surface area contributed by atoms with Crippen molar-refractivity contribution in [2.75, 3.05) is 20.2 Å². The van der Waals surface area contributed by atoms with Crippen molar-refractivity contribution in [3.63, 3.8) is 0 Å². The van der Waals surface area contributed by atoms with Gasteiger partial charge in [-0.3, -0.25) is 14.5 Å². The van der Waals surface area contributed by atoms with Crippen molar-refractivity contribution in [3.05, 3.63) is 116 Å². The molecule has 0 aliphatic heterocycles. The van der Waals surface area contributed by atoms with Crippen molar-refractivity contribution < 1.29 is 9.90 Å². The number of hydrogen-bond donors (Lipinski definition) is 2. The first kappa shape index (κ1) is 24.7. The van der Waals surface area contributed by atoms with Crippen LogP contribution in [0.1, 0.15) is 27.0 Å². The number of hydrogen-bond acceptors (Lipinski definition) is 4. The van der Waals surface area contributed by atoms with Gasteiger partial charge in [-0.25, -0.2) is 0 Å². The predicted octanol–water partition coefficient (Wildman–Crippen LogP) is 4.45. The van der Waals surface area contributed by atoms with E-state index in [1.54, 1.807) is 19.2 Å². The zero-order valence-electron chi connectivity index (χ0n) is 19.6. The van der Waals surface area contributed by atoms with Crippen molar-refractivity contribution in [1.82, 2.24) is 14.8 Å². The molecular formula is C28H28ClN3O3. The Morgan fingerprint density at radius 1 is 0.914 bits per heavy atom. The molecule has 0 aliphatic carbocycles. The molecule has 6 nitrogen and oxygen atoms in total. The fourth-order valence-electron chi connectivity index (χ4n) is 4.12. The molecule has 0 fully saturated rings. The van der Waals surface area contributed by atoms with Crippen LogP contribution in [0.25, 0.3) is 10.9 Å². The summed E-state index contributed by atoms with van der Waals surface area (Å²) in [6.45, 7) is 2.17. The molecule has 0 spiro atoms. The molecule has 3 aromatic carbocycles. The number of nitrogens with zero attached hydrogens (tertiary/aromatic N) is 2. The second-order valence-electron chi connectivity index (χ2n) is 8.62. The number of H-pyrrole nitrogens is 1. The van der Waals surface area contributed by atoms with Gasteiger partial charge < -0.3 is 15.0 Å². The van der Waals surface area contributed by atoms with Gasteiger partial charge in [0.15, 0.2) is 0 Å². The molecule has 1 amide bonds. The molecule has 4 aromatic rings. The molecule has 0 radical (unpaired) electrons. The molecule has 1 heterocycles. The Morgan fingerprint density at radius 3 is 2.29 bits per heavy atom. The van der Waals surface area contributed by atoms with E-state index in [1.165, 1.54) is 11.1 Å². The van der Waals surface area contributed by atoms with E-state index >= 15 is 0 Å². The van der Waals surface area contributed by atoms with Crippen LogP contribution in [0, 0.1) is 0 Å². The number of benzene rings is 3. The Bertz CT molecular complexity index is 1350. The number of nitrogens with one attached hydrogen (secondary N) is 1. The van der Waals surface area contributed by atoms with Crippen molar-refractivity contribution in [3.8, 4) is 0 Å². The Balaban J connectivity index is 1.56. The third kappa shape index (κ3) is 6.17. The Kier molecular flexibility index (Phi) is 7.98. The number of fused-ring (bicyclic) bond motifs is 1. The minimum absolute atomic E-state index is 0.0413. The lowest BCUT2D eigenvalue weighted by atomic mass is 10.1. The molecular weight excluding hydrogens is 462 g/mol. The molecule has 0 atom stereocenters. The van der Waals surface area contributed by atoms with E-state index in [9.17, 15) is 14.7 Å². The summed E-state index contributed by atoms with van der Waals surface area (Å²) in [4.78, 5) is 33.1. The van der Waals surface area contributed by atoms with Gasteiger partial charge in [-0.15, -0.1) is 0 Å². The highest BCUT2D eigenvalue weighted by atomic mass is 35.5. The largest absolute Gasteiger partial charge is 0.395 e. The van der Waals surface area contributed by atoms with Crippen molar-refractivity contribution in [1.29, 1.82) is 0 Å². The maximum absolute atomic E-state index is 13.3. The van der Waals surface area contributed by atoms with E-state index in [2.05, 4.69) is 9.88 Å². The number of halogens is 1. The molecule has 0 aliphatic rings. The Labute approximate surface area is 209 Å². The second-order valence-corrected chi connectivity index (χ2v) is 9.06. The molecule has 2 N–H and O–H groups in total. The smallest absolute Gasteiger partial charge is 0.259 e. The van der Waals surface area contributed by atoms with Crippen molar-refractivity contribution in [2.24, 2.45) is 0 Å². The minimum Gasteiger partial charge on any atom is -0.395 e. The summed E-state index contributed by atoms with van der Waals surface area (Å²) in [6.07, 6.45) is 1.48. The summed E-state index contributed by atoms with van der Waals surface area (Å²) in [5, 5.41) is 10.6. The lowest BCUT2D eigenvalue weighted by molar-refractivity contribution is 0.0783. The normalized spacial score (nSPS) is 11.2. The van der Waals surface area contributed by atoms with Gasteiger partial charge >= 0.3 is 0 Å². The van der Waals surface area contributed by atoms with Gasteiger partial charge in [0.2, 0.25) is 5.43 Å². The highest BCUT2D eigenvalue weighted by molar-refractivity contribution is 6.30. The molecule has 35 heavy (non-hydrogen) atoms. The van der Waals surface area contributed by atoms with Gasteiger partial charge in [0, 0.05) is 55.3 Å². The van der Waals surface area contributed by atoms with E-state index in [0.717, 1.165) is 16.7 Å². The molecule has 180 valence electrons. The molecule has 0 saturated carbocycles. The fourth-order valence-corrected chi connectivity index (χ4v) is 4.25. The van der Waals surface area contributed by atoms with E-state index in [0.29, 0.717) is 42.1 Å². The summed E-state index contributed by atoms with van der Waals surface area (Å²) in [5.74, 6) is -0.348. The molecule has 1 aromatic heterocycles. The first-order valence-electron chi connectivity index (χ1n) is 11.5. The molecule has 0 unspecified atom stereocenters. The third-order valence-corrected chi connectivity index (χ3v) is 6.18. The Hall–Kier alpha value is -3.45. The Morgan fingerprint density at radius 2 is 1.57 bits per heavy atom. The minimum atomic E-state index is -0.348. The number of aliphatic hydroxyl groups is 1. The van der Waals surface area contributed by atoms with Gasteiger partial charge in [-0.2, -0.15) is 0 Å². The summed E-state index contributed by atoms with van der Waals surface area (Å²) >= 11 is 5.94. The number of aromatic amines is 1. The topological polar surface area (TPSA) is 76.6 Å². The van der Waals surface area contributed by atoms with Gasteiger partial charge in [0.05, 0.1) is 6.61 Å². The predicted molar refractivity (Wildman–Crippen MR) is 139 cm³/mol. The zero-order valence-corrected chi connectivity index (χ0v) is 20.3. The van der Waals surface area contributed by atoms with Crippen LogP contribution in [0.3, 0.4) is 0 Å². The number of amides is 1. The number of pyridine rings is 1. The average Bonchev–Trinajstić information content (AvgIpc) is 2.86. The standard InChI is InChI=1S/C28H28ClN3O3/c1-31(17-21-7-10-23(29)11-8-21)28(35)25-16-30-26-12-9-22(15-24(26)27(25)34)19-32(13-14-33)18-20-5-3-2-4-6-20/h2-12,15-16,33H,13-14,17-19H2,1H3,(H,30,34). The summed E-state index contributed by atoms with van der Waals surface area (Å²) in [7, 11) is 1.67. The van der Waals surface area contributed by atoms with Crippen LogP contribution >= 0.6 is 11.6 Å². The number of carbonyl (C=O) groups is 1. The lowest BCUT2D eigenvalue weighted by Gasteiger charge is -2.22. The molecule has 0 bridgehead atoms. The van der Waals surface area contributed by atoms with Gasteiger partial charge in [-0.1, -0.05) is 60.1 Å². The number of aromatic nitrogens is 1. The maximum Gasteiger partial charge on any atom is 0.259 e. The van der Waals surface area contributed by atoms with E-state index in [-0.39, 0.29) is 23.5 Å². The van der Waals surface area contributed by atoms with Crippen molar-refractivity contribution in [2.45, 2.75) is 19.6 Å². The van der Waals surface area contributed by atoms with Crippen LogP contribution in [0.15, 0.2) is 83.8 Å². The quantitative estimate of drug-likeness (QED) is 0.364. The van der Waals surface area contributed by atoms with Crippen LogP contribution < -0.4 is 5.43 Å². The van der Waals surface area contributed by atoms with Crippen LogP contribution in [-0.4, -0.2) is 46.0 Å². The highest BCUT2D eigenvalue weighted by Gasteiger charge is 2.18. The second kappa shape index (κ2) is 11.3. The highest BCUT2D eigenvalue weighted by Crippen LogP contribution is 2.16. The fraction of sp³-hybridized carbons (Fsp3) is 0.214. The lowest BCUT2D eigenvalue weighted by Crippen LogP contribution is -2.31. The van der Waals surface area contributed by atoms with Crippen LogP contribution in [-0.2, 0) is 19.6 Å². The van der Waals surface area contributed by atoms with Crippen LogP contribution in [0.5, 0.6) is 0 Å². The first-order chi connectivity index (χ1) is 16.9. The molecule has 0 saturated heterocycles. The van der Waals surface area contributed by atoms with E-state index in [1.807, 2.05) is 60.7 Å². The van der Waals surface area contributed by atoms with Gasteiger partial charge in [0.1, 0.15) is 5.56 Å². The summed E-state index contributed by atoms with van der Waals surface area (Å²) < 4.78 is 0. The van der Waals surface area contributed by atoms with Crippen molar-refractivity contribution >= 4 is 28.4 Å². The van der Waals surface area contributed by atoms with E-state index < -0.39 is 0 Å². The summed E-state index contributed by atoms with van der Waals surface area (Å²) in [6, 6.07) is 23.0. The van der Waals surface area contributed by atoms with Gasteiger partial charge in [0.25, 0.3) is 5.91 Å². The number of aliphatic hydroxyl groups excluding tert-OH is 1. The molecule has 7 heteroatoms. The number of rotatable bonds is 9. The maximum atomic E-state index is 13.3. The third-order valence-electron chi connectivity index (χ3n) is 5.93. The monoisotopic (exact) mass is 489 g/mol. The van der Waals surface area contributed by atoms with E-state index in [4.69, 9.17) is 11.6 Å². The average molecular weight is 490 g/mol. The van der Waals surface area contributed by atoms with Crippen LogP contribution in [0.2, 0.25) is 5.02 Å². The van der Waals surface area contributed by atoms with Crippen LogP contribution in [0.4, 0.5) is 0 Å². The van der Waals surface area contributed by atoms with Gasteiger partial charge in [-0.05, 0) is 41.0 Å². The zero-order chi connectivity index (χ0) is 24.8. The number of carbonyl (C=O) groups excluding carboxylic acids is 1. The first-order valence-corrected chi connectivity index (χ1v) is 11.8. The summed E-state index contributed by atoms with van der Waals surface area (Å²) in [5.41, 5.74) is 3.48. The SMILES string of the molecule is CN(Cc1ccc(Cl)cc1)C(=O)c1c[nH]c2ccc(CN(CCO)Cc3ccccc3)cc2c1=O. The molecule has 4 rings (SSSR count).